The van der Waals surface area contributed by atoms with Crippen molar-refractivity contribution in [3.63, 3.8) is 0 Å². The first-order valence-corrected chi connectivity index (χ1v) is 4.98. The first-order valence-electron chi connectivity index (χ1n) is 4.98. The summed E-state index contributed by atoms with van der Waals surface area (Å²) in [6.07, 6.45) is 0.814. The zero-order valence-electron chi connectivity index (χ0n) is 8.73. The fourth-order valence-corrected chi connectivity index (χ4v) is 1.50. The van der Waals surface area contributed by atoms with Crippen LogP contribution in [0.2, 0.25) is 0 Å². The standard InChI is InChI=1S/C12H14O3/c1-12(7-14-8-12)9-15-11-5-3-2-4-10(11)6-13/h2-6H,7-9H2,1H3. The Hall–Kier alpha value is -1.35. The predicted molar refractivity (Wildman–Crippen MR) is 56.3 cm³/mol. The minimum absolute atomic E-state index is 0.107. The molecule has 0 bridgehead atoms. The lowest BCUT2D eigenvalue weighted by Gasteiger charge is -2.37. The van der Waals surface area contributed by atoms with Gasteiger partial charge in [0, 0.05) is 5.41 Å². The molecule has 0 N–H and O–H groups in total. The van der Waals surface area contributed by atoms with Crippen LogP contribution in [0.1, 0.15) is 17.3 Å². The number of hydrogen-bond donors (Lipinski definition) is 0. The molecule has 0 amide bonds. The quantitative estimate of drug-likeness (QED) is 0.706. The van der Waals surface area contributed by atoms with E-state index in [1.807, 2.05) is 18.2 Å². The molecule has 0 saturated carbocycles. The summed E-state index contributed by atoms with van der Waals surface area (Å²) >= 11 is 0. The smallest absolute Gasteiger partial charge is 0.153 e. The van der Waals surface area contributed by atoms with Crippen molar-refractivity contribution in [2.75, 3.05) is 19.8 Å². The Kier molecular flexibility index (Phi) is 2.73. The molecule has 1 aromatic rings. The van der Waals surface area contributed by atoms with Crippen LogP contribution in [-0.4, -0.2) is 26.1 Å². The molecule has 1 heterocycles. The molecule has 1 saturated heterocycles. The summed E-state index contributed by atoms with van der Waals surface area (Å²) in [6.45, 7) is 4.17. The largest absolute Gasteiger partial charge is 0.492 e. The van der Waals surface area contributed by atoms with Crippen LogP contribution in [0.15, 0.2) is 24.3 Å². The maximum absolute atomic E-state index is 10.7. The maximum atomic E-state index is 10.7. The van der Waals surface area contributed by atoms with Crippen LogP contribution in [-0.2, 0) is 4.74 Å². The van der Waals surface area contributed by atoms with E-state index in [-0.39, 0.29) is 5.41 Å². The Bertz CT molecular complexity index is 356. The topological polar surface area (TPSA) is 35.5 Å². The molecule has 0 aliphatic carbocycles. The summed E-state index contributed by atoms with van der Waals surface area (Å²) in [5, 5.41) is 0. The van der Waals surface area contributed by atoms with Gasteiger partial charge in [-0.15, -0.1) is 0 Å². The van der Waals surface area contributed by atoms with E-state index in [1.165, 1.54) is 0 Å². The monoisotopic (exact) mass is 206 g/mol. The second kappa shape index (κ2) is 4.03. The Morgan fingerprint density at radius 2 is 2.20 bits per heavy atom. The van der Waals surface area contributed by atoms with E-state index >= 15 is 0 Å². The van der Waals surface area contributed by atoms with Gasteiger partial charge in [0.1, 0.15) is 5.75 Å². The number of ether oxygens (including phenoxy) is 2. The zero-order chi connectivity index (χ0) is 10.7. The molecule has 1 aromatic carbocycles. The first-order chi connectivity index (χ1) is 7.23. The zero-order valence-corrected chi connectivity index (χ0v) is 8.73. The molecule has 0 aromatic heterocycles. The van der Waals surface area contributed by atoms with Crippen LogP contribution in [0, 0.1) is 5.41 Å². The van der Waals surface area contributed by atoms with Gasteiger partial charge in [-0.1, -0.05) is 19.1 Å². The van der Waals surface area contributed by atoms with E-state index in [0.29, 0.717) is 17.9 Å². The van der Waals surface area contributed by atoms with Gasteiger partial charge < -0.3 is 9.47 Å². The minimum Gasteiger partial charge on any atom is -0.492 e. The highest BCUT2D eigenvalue weighted by atomic mass is 16.5. The maximum Gasteiger partial charge on any atom is 0.153 e. The van der Waals surface area contributed by atoms with Gasteiger partial charge in [0.15, 0.2) is 6.29 Å². The highest BCUT2D eigenvalue weighted by molar-refractivity contribution is 5.79. The van der Waals surface area contributed by atoms with Crippen molar-refractivity contribution < 1.29 is 14.3 Å². The molecule has 1 fully saturated rings. The first kappa shape index (κ1) is 10.2. The van der Waals surface area contributed by atoms with E-state index in [4.69, 9.17) is 9.47 Å². The van der Waals surface area contributed by atoms with E-state index < -0.39 is 0 Å². The van der Waals surface area contributed by atoms with Gasteiger partial charge in [-0.3, -0.25) is 4.79 Å². The second-order valence-electron chi connectivity index (χ2n) is 4.25. The number of rotatable bonds is 4. The van der Waals surface area contributed by atoms with Gasteiger partial charge >= 0.3 is 0 Å². The number of aldehydes is 1. The SMILES string of the molecule is CC1(COc2ccccc2C=O)COC1. The summed E-state index contributed by atoms with van der Waals surface area (Å²) in [5.74, 6) is 0.653. The van der Waals surface area contributed by atoms with Crippen molar-refractivity contribution >= 4 is 6.29 Å². The summed E-state index contributed by atoms with van der Waals surface area (Å²) in [6, 6.07) is 7.25. The predicted octanol–water partition coefficient (Wildman–Crippen LogP) is 1.91. The number of carbonyl (C=O) groups excluding carboxylic acids is 1. The summed E-state index contributed by atoms with van der Waals surface area (Å²) in [4.78, 5) is 10.7. The molecule has 2 rings (SSSR count). The van der Waals surface area contributed by atoms with Gasteiger partial charge in [0.05, 0.1) is 25.4 Å². The average molecular weight is 206 g/mol. The van der Waals surface area contributed by atoms with Crippen LogP contribution in [0.3, 0.4) is 0 Å². The third-order valence-corrected chi connectivity index (χ3v) is 2.52. The van der Waals surface area contributed by atoms with Crippen LogP contribution in [0.5, 0.6) is 5.75 Å². The molecule has 0 spiro atoms. The highest BCUT2D eigenvalue weighted by Gasteiger charge is 2.34. The summed E-state index contributed by atoms with van der Waals surface area (Å²) in [7, 11) is 0. The van der Waals surface area contributed by atoms with Gasteiger partial charge in [-0.2, -0.15) is 0 Å². The Labute approximate surface area is 89.0 Å². The molecule has 0 unspecified atom stereocenters. The summed E-state index contributed by atoms with van der Waals surface area (Å²) in [5.41, 5.74) is 0.706. The van der Waals surface area contributed by atoms with E-state index in [2.05, 4.69) is 6.92 Å². The molecule has 80 valence electrons. The van der Waals surface area contributed by atoms with Crippen molar-refractivity contribution in [3.05, 3.63) is 29.8 Å². The lowest BCUT2D eigenvalue weighted by molar-refractivity contribution is -0.120. The molecular formula is C12H14O3. The number of para-hydroxylation sites is 1. The van der Waals surface area contributed by atoms with Crippen molar-refractivity contribution in [3.8, 4) is 5.75 Å². The van der Waals surface area contributed by atoms with Gasteiger partial charge in [-0.05, 0) is 12.1 Å². The molecule has 15 heavy (non-hydrogen) atoms. The highest BCUT2D eigenvalue weighted by Crippen LogP contribution is 2.28. The minimum atomic E-state index is 0.107. The van der Waals surface area contributed by atoms with Gasteiger partial charge in [0.25, 0.3) is 0 Å². The lowest BCUT2D eigenvalue weighted by Crippen LogP contribution is -2.44. The van der Waals surface area contributed by atoms with Gasteiger partial charge in [-0.25, -0.2) is 0 Å². The molecule has 1 aliphatic heterocycles. The van der Waals surface area contributed by atoms with Crippen molar-refractivity contribution in [1.82, 2.24) is 0 Å². The number of hydrogen-bond acceptors (Lipinski definition) is 3. The third-order valence-electron chi connectivity index (χ3n) is 2.52. The number of benzene rings is 1. The van der Waals surface area contributed by atoms with E-state index in [0.717, 1.165) is 19.5 Å². The van der Waals surface area contributed by atoms with E-state index in [1.54, 1.807) is 6.07 Å². The lowest BCUT2D eigenvalue weighted by atomic mass is 9.90. The third kappa shape index (κ3) is 2.18. The Morgan fingerprint density at radius 3 is 2.80 bits per heavy atom. The average Bonchev–Trinajstić information content (AvgIpc) is 2.24. The molecular weight excluding hydrogens is 192 g/mol. The van der Waals surface area contributed by atoms with Crippen LogP contribution < -0.4 is 4.74 Å². The van der Waals surface area contributed by atoms with Crippen molar-refractivity contribution in [2.24, 2.45) is 5.41 Å². The Balaban J connectivity index is 2.01. The fraction of sp³-hybridized carbons (Fsp3) is 0.417. The van der Waals surface area contributed by atoms with Crippen LogP contribution >= 0.6 is 0 Å². The normalized spacial score (nSPS) is 17.9. The molecule has 0 atom stereocenters. The fourth-order valence-electron chi connectivity index (χ4n) is 1.50. The van der Waals surface area contributed by atoms with Crippen LogP contribution in [0.4, 0.5) is 0 Å². The molecule has 3 nitrogen and oxygen atoms in total. The van der Waals surface area contributed by atoms with Crippen molar-refractivity contribution in [1.29, 1.82) is 0 Å². The van der Waals surface area contributed by atoms with Crippen LogP contribution in [0.25, 0.3) is 0 Å². The molecule has 1 aliphatic rings. The number of carbonyl (C=O) groups is 1. The van der Waals surface area contributed by atoms with Crippen molar-refractivity contribution in [2.45, 2.75) is 6.92 Å². The molecule has 0 radical (unpaired) electrons. The van der Waals surface area contributed by atoms with E-state index in [9.17, 15) is 4.79 Å². The second-order valence-corrected chi connectivity index (χ2v) is 4.25. The Morgan fingerprint density at radius 1 is 1.47 bits per heavy atom. The molecule has 3 heteroatoms. The van der Waals surface area contributed by atoms with Gasteiger partial charge in [0.2, 0.25) is 0 Å². The summed E-state index contributed by atoms with van der Waals surface area (Å²) < 4.78 is 10.8.